The molecule has 0 aliphatic carbocycles. The quantitative estimate of drug-likeness (QED) is 0.906. The third kappa shape index (κ3) is 3.28. The van der Waals surface area contributed by atoms with Gasteiger partial charge in [0.25, 0.3) is 5.91 Å². The number of rotatable bonds is 3. The maximum Gasteiger partial charge on any atom is 0.251 e. The molecule has 1 heterocycles. The molecule has 114 valence electrons. The lowest BCUT2D eigenvalue weighted by Crippen LogP contribution is -2.24. The summed E-state index contributed by atoms with van der Waals surface area (Å²) in [5.41, 5.74) is 1.79. The van der Waals surface area contributed by atoms with Crippen molar-refractivity contribution in [2.45, 2.75) is 13.2 Å². The molecule has 0 bridgehead atoms. The fourth-order valence-electron chi connectivity index (χ4n) is 2.27. The number of benzene rings is 2. The van der Waals surface area contributed by atoms with Crippen LogP contribution in [-0.4, -0.2) is 12.7 Å². The molecule has 22 heavy (non-hydrogen) atoms. The van der Waals surface area contributed by atoms with Crippen molar-refractivity contribution in [1.29, 1.82) is 0 Å². The van der Waals surface area contributed by atoms with E-state index >= 15 is 0 Å². The lowest BCUT2D eigenvalue weighted by Gasteiger charge is -2.21. The van der Waals surface area contributed by atoms with Crippen molar-refractivity contribution in [1.82, 2.24) is 5.32 Å². The Bertz CT molecular complexity index is 703. The lowest BCUT2D eigenvalue weighted by molar-refractivity contribution is -0.0173. The van der Waals surface area contributed by atoms with Crippen LogP contribution in [0, 0.1) is 5.82 Å². The number of carbonyl (C=O) groups is 1. The molecule has 3 rings (SSSR count). The standard InChI is InChI=1S/C16H13BrFNO3/c17-13-3-1-10(2-4-13)16(20)19-7-11-5-14(18)6-12-8-21-9-22-15(11)12/h1-6H,7-9H2,(H,19,20). The predicted octanol–water partition coefficient (Wildman–Crippen LogP) is 3.38. The molecule has 6 heteroatoms. The van der Waals surface area contributed by atoms with E-state index in [1.54, 1.807) is 24.3 Å². The van der Waals surface area contributed by atoms with Crippen LogP contribution in [0.3, 0.4) is 0 Å². The topological polar surface area (TPSA) is 47.6 Å². The molecule has 2 aromatic rings. The minimum atomic E-state index is -0.374. The molecule has 1 aliphatic heterocycles. The maximum atomic E-state index is 13.6. The fraction of sp³-hybridized carbons (Fsp3) is 0.188. The van der Waals surface area contributed by atoms with E-state index in [2.05, 4.69) is 21.2 Å². The third-order valence-corrected chi connectivity index (χ3v) is 3.83. The number of halogens is 2. The molecule has 0 spiro atoms. The number of carbonyl (C=O) groups excluding carboxylic acids is 1. The molecule has 0 unspecified atom stereocenters. The van der Waals surface area contributed by atoms with Gasteiger partial charge in [0.2, 0.25) is 0 Å². The molecular formula is C16H13BrFNO3. The molecule has 0 saturated heterocycles. The van der Waals surface area contributed by atoms with Crippen molar-refractivity contribution in [3.8, 4) is 5.75 Å². The van der Waals surface area contributed by atoms with Crippen molar-refractivity contribution in [3.63, 3.8) is 0 Å². The first-order valence-electron chi connectivity index (χ1n) is 6.69. The maximum absolute atomic E-state index is 13.6. The summed E-state index contributed by atoms with van der Waals surface area (Å²) in [6.45, 7) is 0.627. The van der Waals surface area contributed by atoms with Crippen molar-refractivity contribution >= 4 is 21.8 Å². The first-order chi connectivity index (χ1) is 10.6. The van der Waals surface area contributed by atoms with Crippen molar-refractivity contribution in [3.05, 3.63) is 63.4 Å². The summed E-state index contributed by atoms with van der Waals surface area (Å²) in [6.07, 6.45) is 0. The summed E-state index contributed by atoms with van der Waals surface area (Å²) in [6, 6.07) is 9.76. The minimum absolute atomic E-state index is 0.131. The molecule has 0 fully saturated rings. The van der Waals surface area contributed by atoms with Gasteiger partial charge in [-0.15, -0.1) is 0 Å². The van der Waals surface area contributed by atoms with E-state index in [1.165, 1.54) is 12.1 Å². The first kappa shape index (κ1) is 15.0. The number of amides is 1. The van der Waals surface area contributed by atoms with Crippen LogP contribution in [0.15, 0.2) is 40.9 Å². The number of hydrogen-bond acceptors (Lipinski definition) is 3. The van der Waals surface area contributed by atoms with Gasteiger partial charge in [0.15, 0.2) is 6.79 Å². The predicted molar refractivity (Wildman–Crippen MR) is 82.0 cm³/mol. The summed E-state index contributed by atoms with van der Waals surface area (Å²) in [5.74, 6) is -0.0120. The number of fused-ring (bicyclic) bond motifs is 1. The van der Waals surface area contributed by atoms with Crippen molar-refractivity contribution < 1.29 is 18.7 Å². The molecule has 0 saturated carbocycles. The van der Waals surface area contributed by atoms with Gasteiger partial charge >= 0.3 is 0 Å². The van der Waals surface area contributed by atoms with Gasteiger partial charge in [0.05, 0.1) is 6.61 Å². The highest BCUT2D eigenvalue weighted by molar-refractivity contribution is 9.10. The Hall–Kier alpha value is -1.92. The molecule has 0 atom stereocenters. The SMILES string of the molecule is O=C(NCc1cc(F)cc2c1OCOC2)c1ccc(Br)cc1. The molecule has 0 radical (unpaired) electrons. The van der Waals surface area contributed by atoms with Crippen LogP contribution < -0.4 is 10.1 Å². The second-order valence-corrected chi connectivity index (χ2v) is 5.77. The van der Waals surface area contributed by atoms with E-state index in [-0.39, 0.29) is 25.1 Å². The van der Waals surface area contributed by atoms with Gasteiger partial charge in [-0.2, -0.15) is 0 Å². The zero-order chi connectivity index (χ0) is 15.5. The summed E-state index contributed by atoms with van der Waals surface area (Å²) >= 11 is 3.32. The van der Waals surface area contributed by atoms with Crippen molar-refractivity contribution in [2.75, 3.05) is 6.79 Å². The Morgan fingerprint density at radius 2 is 2.05 bits per heavy atom. The van der Waals surface area contributed by atoms with Crippen LogP contribution in [-0.2, 0) is 17.9 Å². The molecular weight excluding hydrogens is 353 g/mol. The molecule has 1 amide bonds. The fourth-order valence-corrected chi connectivity index (χ4v) is 2.53. The molecule has 1 N–H and O–H groups in total. The van der Waals surface area contributed by atoms with Gasteiger partial charge in [-0.1, -0.05) is 15.9 Å². The van der Waals surface area contributed by atoms with E-state index in [0.29, 0.717) is 29.0 Å². The van der Waals surface area contributed by atoms with Gasteiger partial charge in [-0.05, 0) is 36.4 Å². The first-order valence-corrected chi connectivity index (χ1v) is 7.48. The zero-order valence-electron chi connectivity index (χ0n) is 11.6. The van der Waals surface area contributed by atoms with E-state index in [1.807, 2.05) is 0 Å². The summed E-state index contributed by atoms with van der Waals surface area (Å²) in [7, 11) is 0. The molecule has 4 nitrogen and oxygen atoms in total. The minimum Gasteiger partial charge on any atom is -0.467 e. The van der Waals surface area contributed by atoms with Gasteiger partial charge in [-0.3, -0.25) is 4.79 Å². The third-order valence-electron chi connectivity index (χ3n) is 3.30. The highest BCUT2D eigenvalue weighted by atomic mass is 79.9. The Morgan fingerprint density at radius 3 is 2.82 bits per heavy atom. The summed E-state index contributed by atoms with van der Waals surface area (Å²) in [4.78, 5) is 12.1. The average molecular weight is 366 g/mol. The second-order valence-electron chi connectivity index (χ2n) is 4.85. The molecule has 1 aliphatic rings. The van der Waals surface area contributed by atoms with Gasteiger partial charge in [0, 0.05) is 27.7 Å². The Labute approximate surface area is 135 Å². The Morgan fingerprint density at radius 1 is 1.27 bits per heavy atom. The monoisotopic (exact) mass is 365 g/mol. The second kappa shape index (κ2) is 6.46. The highest BCUT2D eigenvalue weighted by Gasteiger charge is 2.17. The Balaban J connectivity index is 1.75. The number of hydrogen-bond donors (Lipinski definition) is 1. The highest BCUT2D eigenvalue weighted by Crippen LogP contribution is 2.29. The summed E-state index contributed by atoms with van der Waals surface area (Å²) in [5, 5.41) is 2.77. The zero-order valence-corrected chi connectivity index (χ0v) is 13.2. The van der Waals surface area contributed by atoms with Crippen molar-refractivity contribution in [2.24, 2.45) is 0 Å². The van der Waals surface area contributed by atoms with Crippen LogP contribution in [0.1, 0.15) is 21.5 Å². The van der Waals surface area contributed by atoms with Gasteiger partial charge < -0.3 is 14.8 Å². The normalized spacial score (nSPS) is 13.2. The Kier molecular flexibility index (Phi) is 4.40. The van der Waals surface area contributed by atoms with Gasteiger partial charge in [0.1, 0.15) is 11.6 Å². The van der Waals surface area contributed by atoms with Crippen LogP contribution in [0.5, 0.6) is 5.75 Å². The molecule has 0 aromatic heterocycles. The summed E-state index contributed by atoms with van der Waals surface area (Å²) < 4.78 is 25.1. The van der Waals surface area contributed by atoms with Crippen LogP contribution in [0.25, 0.3) is 0 Å². The van der Waals surface area contributed by atoms with Crippen LogP contribution in [0.4, 0.5) is 4.39 Å². The number of ether oxygens (including phenoxy) is 2. The van der Waals surface area contributed by atoms with E-state index in [0.717, 1.165) is 4.47 Å². The van der Waals surface area contributed by atoms with Crippen LogP contribution >= 0.6 is 15.9 Å². The lowest BCUT2D eigenvalue weighted by atomic mass is 10.1. The van der Waals surface area contributed by atoms with E-state index in [9.17, 15) is 9.18 Å². The van der Waals surface area contributed by atoms with E-state index < -0.39 is 0 Å². The van der Waals surface area contributed by atoms with Crippen LogP contribution in [0.2, 0.25) is 0 Å². The average Bonchev–Trinajstić information content (AvgIpc) is 2.52. The van der Waals surface area contributed by atoms with Gasteiger partial charge in [-0.25, -0.2) is 4.39 Å². The van der Waals surface area contributed by atoms with E-state index in [4.69, 9.17) is 9.47 Å². The number of nitrogens with one attached hydrogen (secondary N) is 1. The smallest absolute Gasteiger partial charge is 0.251 e. The molecule has 2 aromatic carbocycles. The largest absolute Gasteiger partial charge is 0.467 e.